The van der Waals surface area contributed by atoms with Crippen molar-refractivity contribution in [3.8, 4) is 0 Å². The van der Waals surface area contributed by atoms with Gasteiger partial charge in [0.25, 0.3) is 0 Å². The molecule has 19 heavy (non-hydrogen) atoms. The summed E-state index contributed by atoms with van der Waals surface area (Å²) in [5.41, 5.74) is 2.35. The lowest BCUT2D eigenvalue weighted by Crippen LogP contribution is -2.14. The summed E-state index contributed by atoms with van der Waals surface area (Å²) in [7, 11) is 0. The number of nitrogens with one attached hydrogen (secondary N) is 2. The Morgan fingerprint density at radius 3 is 2.26 bits per heavy atom. The fraction of sp³-hybridized carbons (Fsp3) is 0.467. The van der Waals surface area contributed by atoms with Gasteiger partial charge in [-0.25, -0.2) is 0 Å². The first-order valence-electron chi connectivity index (χ1n) is 6.57. The summed E-state index contributed by atoms with van der Waals surface area (Å²) < 4.78 is 0. The highest BCUT2D eigenvalue weighted by atomic mass is 16.2. The monoisotopic (exact) mass is 262 g/mol. The van der Waals surface area contributed by atoms with Crippen LogP contribution in [0, 0.1) is 12.8 Å². The number of hydrogen-bond acceptors (Lipinski definition) is 2. The maximum Gasteiger partial charge on any atom is 0.224 e. The second kappa shape index (κ2) is 6.92. The second-order valence-electron chi connectivity index (χ2n) is 5.14. The fourth-order valence-corrected chi connectivity index (χ4v) is 1.73. The molecule has 0 aliphatic heterocycles. The van der Waals surface area contributed by atoms with Crippen molar-refractivity contribution in [1.29, 1.82) is 0 Å². The van der Waals surface area contributed by atoms with E-state index in [4.69, 9.17) is 0 Å². The molecule has 104 valence electrons. The van der Waals surface area contributed by atoms with Gasteiger partial charge in [0.1, 0.15) is 0 Å². The Labute approximate surface area is 114 Å². The molecule has 4 heteroatoms. The van der Waals surface area contributed by atoms with E-state index < -0.39 is 0 Å². The molecule has 1 aromatic rings. The number of carbonyl (C=O) groups is 2. The molecule has 0 aliphatic carbocycles. The van der Waals surface area contributed by atoms with Gasteiger partial charge < -0.3 is 10.6 Å². The van der Waals surface area contributed by atoms with Crippen molar-refractivity contribution in [2.75, 3.05) is 10.6 Å². The Morgan fingerprint density at radius 1 is 1.16 bits per heavy atom. The van der Waals surface area contributed by atoms with Gasteiger partial charge in [-0.1, -0.05) is 19.9 Å². The highest BCUT2D eigenvalue weighted by molar-refractivity contribution is 5.95. The van der Waals surface area contributed by atoms with E-state index in [1.54, 1.807) is 0 Å². The Morgan fingerprint density at radius 2 is 1.74 bits per heavy atom. The summed E-state index contributed by atoms with van der Waals surface area (Å²) in [6, 6.07) is 5.48. The van der Waals surface area contributed by atoms with Gasteiger partial charge >= 0.3 is 0 Å². The highest BCUT2D eigenvalue weighted by Crippen LogP contribution is 2.23. The SMILES string of the molecule is CC(=O)Nc1cccc(NC(=O)CCC(C)C)c1C. The van der Waals surface area contributed by atoms with Gasteiger partial charge in [0.2, 0.25) is 11.8 Å². The van der Waals surface area contributed by atoms with Crippen LogP contribution in [0.25, 0.3) is 0 Å². The molecule has 0 saturated heterocycles. The summed E-state index contributed by atoms with van der Waals surface area (Å²) in [4.78, 5) is 22.9. The van der Waals surface area contributed by atoms with Crippen molar-refractivity contribution in [3.63, 3.8) is 0 Å². The molecular formula is C15H22N2O2. The molecule has 1 aromatic carbocycles. The smallest absolute Gasteiger partial charge is 0.224 e. The van der Waals surface area contributed by atoms with E-state index in [0.29, 0.717) is 12.3 Å². The van der Waals surface area contributed by atoms with Crippen molar-refractivity contribution in [3.05, 3.63) is 23.8 Å². The zero-order valence-corrected chi connectivity index (χ0v) is 12.0. The summed E-state index contributed by atoms with van der Waals surface area (Å²) >= 11 is 0. The maximum absolute atomic E-state index is 11.8. The molecule has 0 saturated carbocycles. The number of hydrogen-bond donors (Lipinski definition) is 2. The van der Waals surface area contributed by atoms with Crippen molar-refractivity contribution < 1.29 is 9.59 Å². The van der Waals surface area contributed by atoms with Gasteiger partial charge in [-0.3, -0.25) is 9.59 Å². The summed E-state index contributed by atoms with van der Waals surface area (Å²) in [5.74, 6) is 0.403. The van der Waals surface area contributed by atoms with E-state index in [9.17, 15) is 9.59 Å². The fourth-order valence-electron chi connectivity index (χ4n) is 1.73. The minimum atomic E-state index is -0.119. The van der Waals surface area contributed by atoms with Crippen LogP contribution in [0.3, 0.4) is 0 Å². The van der Waals surface area contributed by atoms with Crippen LogP contribution in [-0.2, 0) is 9.59 Å². The summed E-state index contributed by atoms with van der Waals surface area (Å²) in [6.45, 7) is 7.53. The zero-order chi connectivity index (χ0) is 14.4. The molecule has 4 nitrogen and oxygen atoms in total. The first-order valence-corrected chi connectivity index (χ1v) is 6.57. The molecule has 0 radical (unpaired) electrons. The normalized spacial score (nSPS) is 10.4. The highest BCUT2D eigenvalue weighted by Gasteiger charge is 2.09. The standard InChI is InChI=1S/C15H22N2O2/c1-10(2)8-9-15(19)17-14-7-5-6-13(11(14)3)16-12(4)18/h5-7,10H,8-9H2,1-4H3,(H,16,18)(H,17,19). The minimum Gasteiger partial charge on any atom is -0.326 e. The average Bonchev–Trinajstić information content (AvgIpc) is 2.31. The van der Waals surface area contributed by atoms with Gasteiger partial charge in [0.05, 0.1) is 0 Å². The van der Waals surface area contributed by atoms with Crippen LogP contribution < -0.4 is 10.6 Å². The Kier molecular flexibility index (Phi) is 5.55. The Bertz CT molecular complexity index is 467. The van der Waals surface area contributed by atoms with Crippen LogP contribution in [0.5, 0.6) is 0 Å². The number of rotatable bonds is 5. The van der Waals surface area contributed by atoms with Crippen molar-refractivity contribution >= 4 is 23.2 Å². The van der Waals surface area contributed by atoms with E-state index in [0.717, 1.165) is 23.4 Å². The molecule has 0 unspecified atom stereocenters. The largest absolute Gasteiger partial charge is 0.326 e. The van der Waals surface area contributed by atoms with Gasteiger partial charge in [0, 0.05) is 24.7 Å². The van der Waals surface area contributed by atoms with Crippen LogP contribution >= 0.6 is 0 Å². The third-order valence-electron chi connectivity index (χ3n) is 2.87. The Hall–Kier alpha value is -1.84. The third kappa shape index (κ3) is 5.12. The molecule has 1 rings (SSSR count). The number of benzene rings is 1. The molecule has 0 bridgehead atoms. The van der Waals surface area contributed by atoms with Crippen molar-refractivity contribution in [2.45, 2.75) is 40.5 Å². The van der Waals surface area contributed by atoms with E-state index in [2.05, 4.69) is 24.5 Å². The summed E-state index contributed by atoms with van der Waals surface area (Å²) in [6.07, 6.45) is 1.39. The Balaban J connectivity index is 2.73. The second-order valence-corrected chi connectivity index (χ2v) is 5.14. The zero-order valence-electron chi connectivity index (χ0n) is 12.0. The lowest BCUT2D eigenvalue weighted by molar-refractivity contribution is -0.116. The number of anilines is 2. The molecule has 0 aromatic heterocycles. The third-order valence-corrected chi connectivity index (χ3v) is 2.87. The maximum atomic E-state index is 11.8. The van der Waals surface area contributed by atoms with Gasteiger partial charge in [-0.2, -0.15) is 0 Å². The predicted octanol–water partition coefficient (Wildman–Crippen LogP) is 3.33. The number of carbonyl (C=O) groups excluding carboxylic acids is 2. The molecular weight excluding hydrogens is 240 g/mol. The molecule has 0 atom stereocenters. The predicted molar refractivity (Wildman–Crippen MR) is 78.2 cm³/mol. The first-order chi connectivity index (χ1) is 8.90. The topological polar surface area (TPSA) is 58.2 Å². The average molecular weight is 262 g/mol. The van der Waals surface area contributed by atoms with Crippen LogP contribution in [0.15, 0.2) is 18.2 Å². The molecule has 2 N–H and O–H groups in total. The molecule has 0 aliphatic rings. The molecule has 0 spiro atoms. The minimum absolute atomic E-state index is 0.0109. The van der Waals surface area contributed by atoms with Gasteiger partial charge in [0.15, 0.2) is 0 Å². The van der Waals surface area contributed by atoms with Gasteiger partial charge in [-0.05, 0) is 37.0 Å². The summed E-state index contributed by atoms with van der Waals surface area (Å²) in [5, 5.41) is 5.64. The van der Waals surface area contributed by atoms with Crippen molar-refractivity contribution in [1.82, 2.24) is 0 Å². The van der Waals surface area contributed by atoms with E-state index in [1.165, 1.54) is 6.92 Å². The van der Waals surface area contributed by atoms with Crippen LogP contribution in [-0.4, -0.2) is 11.8 Å². The van der Waals surface area contributed by atoms with Crippen LogP contribution in [0.4, 0.5) is 11.4 Å². The van der Waals surface area contributed by atoms with Crippen molar-refractivity contribution in [2.24, 2.45) is 5.92 Å². The van der Waals surface area contributed by atoms with E-state index >= 15 is 0 Å². The number of amides is 2. The quantitative estimate of drug-likeness (QED) is 0.855. The lowest BCUT2D eigenvalue weighted by Gasteiger charge is -2.13. The van der Waals surface area contributed by atoms with Crippen LogP contribution in [0.2, 0.25) is 0 Å². The molecule has 0 fully saturated rings. The lowest BCUT2D eigenvalue weighted by atomic mass is 10.1. The van der Waals surface area contributed by atoms with Gasteiger partial charge in [-0.15, -0.1) is 0 Å². The van der Waals surface area contributed by atoms with E-state index in [1.807, 2.05) is 25.1 Å². The molecule has 2 amide bonds. The first kappa shape index (κ1) is 15.2. The van der Waals surface area contributed by atoms with E-state index in [-0.39, 0.29) is 11.8 Å². The molecule has 0 heterocycles. The van der Waals surface area contributed by atoms with Crippen LogP contribution in [0.1, 0.15) is 39.2 Å².